The van der Waals surface area contributed by atoms with Crippen LogP contribution in [0.4, 0.5) is 0 Å². The van der Waals surface area contributed by atoms with E-state index in [0.29, 0.717) is 17.3 Å². The van der Waals surface area contributed by atoms with Crippen LogP contribution < -0.4 is 0 Å². The molecule has 0 bridgehead atoms. The average molecular weight is 411 g/mol. The molecule has 4 saturated carbocycles. The van der Waals surface area contributed by atoms with Gasteiger partial charge in [0, 0.05) is 12.5 Å². The minimum atomic E-state index is 0.262. The first kappa shape index (κ1) is 22.4. The summed E-state index contributed by atoms with van der Waals surface area (Å²) < 4.78 is 6.15. The average Bonchev–Trinajstić information content (AvgIpc) is 3.21. The Morgan fingerprint density at radius 1 is 1.07 bits per heavy atom. The maximum absolute atomic E-state index is 6.15. The molecular weight excluding hydrogens is 364 g/mol. The van der Waals surface area contributed by atoms with E-state index < -0.39 is 0 Å². The van der Waals surface area contributed by atoms with Gasteiger partial charge in [-0.05, 0) is 92.3 Å². The summed E-state index contributed by atoms with van der Waals surface area (Å²) in [6.45, 7) is 16.6. The predicted molar refractivity (Wildman–Crippen MR) is 128 cm³/mol. The summed E-state index contributed by atoms with van der Waals surface area (Å²) in [7, 11) is 1.93. The predicted octanol–water partition coefficient (Wildman–Crippen LogP) is 7.98. The van der Waals surface area contributed by atoms with Gasteiger partial charge in [-0.25, -0.2) is 0 Å². The van der Waals surface area contributed by atoms with Gasteiger partial charge in [-0.2, -0.15) is 0 Å². The molecule has 0 aromatic carbocycles. The highest BCUT2D eigenvalue weighted by Gasteiger charge is 2.63. The van der Waals surface area contributed by atoms with Crippen molar-refractivity contribution in [3.05, 3.63) is 36.0 Å². The van der Waals surface area contributed by atoms with Gasteiger partial charge >= 0.3 is 0 Å². The third-order valence-corrected chi connectivity index (χ3v) is 10.2. The van der Waals surface area contributed by atoms with Crippen molar-refractivity contribution >= 4 is 0 Å². The highest BCUT2D eigenvalue weighted by molar-refractivity contribution is 5.35. The summed E-state index contributed by atoms with van der Waals surface area (Å²) in [5.41, 5.74) is 3.94. The van der Waals surface area contributed by atoms with Gasteiger partial charge in [-0.3, -0.25) is 0 Å². The first-order chi connectivity index (χ1) is 14.2. The quantitative estimate of drug-likeness (QED) is 0.386. The molecule has 3 unspecified atom stereocenters. The number of fused-ring (bicyclic) bond motifs is 2. The second-order valence-corrected chi connectivity index (χ2v) is 11.9. The Kier molecular flexibility index (Phi) is 6.17. The van der Waals surface area contributed by atoms with E-state index in [9.17, 15) is 0 Å². The second kappa shape index (κ2) is 8.27. The highest BCUT2D eigenvalue weighted by Crippen LogP contribution is 2.69. The SMILES string of the molecule is C=C1CCC2CC12C(/C=C1\CCC[C@]2(C)[C@@H]([C@H](C)/C=C/[C@H](C)C(C)C)CC[C@@H]12)OC. The zero-order chi connectivity index (χ0) is 21.7. The molecule has 0 amide bonds. The van der Waals surface area contributed by atoms with Gasteiger partial charge in [0.05, 0.1) is 6.10 Å². The van der Waals surface area contributed by atoms with Crippen LogP contribution in [0.2, 0.25) is 0 Å². The molecule has 4 aliphatic carbocycles. The second-order valence-electron chi connectivity index (χ2n) is 11.9. The van der Waals surface area contributed by atoms with E-state index in [1.165, 1.54) is 56.9 Å². The molecule has 1 nitrogen and oxygen atoms in total. The molecule has 8 atom stereocenters. The summed E-state index contributed by atoms with van der Waals surface area (Å²) in [4.78, 5) is 0. The van der Waals surface area contributed by atoms with Gasteiger partial charge in [0.1, 0.15) is 0 Å². The molecule has 0 heterocycles. The van der Waals surface area contributed by atoms with Crippen LogP contribution in [-0.2, 0) is 4.74 Å². The van der Waals surface area contributed by atoms with Crippen LogP contribution in [-0.4, -0.2) is 13.2 Å². The monoisotopic (exact) mass is 410 g/mol. The summed E-state index contributed by atoms with van der Waals surface area (Å²) in [5, 5.41) is 0. The van der Waals surface area contributed by atoms with Crippen molar-refractivity contribution in [3.63, 3.8) is 0 Å². The Balaban J connectivity index is 1.52. The molecule has 0 aliphatic heterocycles. The standard InChI is InChI=1S/C29H46O/c1-19(2)20(3)10-11-21(4)25-14-15-26-23(9-8-16-28(25,26)6)17-27(30-7)29-18-24(29)13-12-22(29)5/h10-11,17,19-21,24-27H,5,8-9,12-16,18H2,1-4,6-7H3/b11-10+,23-17+/t20-,21+,24?,25+,26-,27?,28+,29?/m0/s1. The van der Waals surface area contributed by atoms with E-state index in [1.54, 1.807) is 5.57 Å². The van der Waals surface area contributed by atoms with Gasteiger partial charge in [-0.1, -0.05) is 70.6 Å². The first-order valence-corrected chi connectivity index (χ1v) is 12.8. The van der Waals surface area contributed by atoms with Crippen LogP contribution >= 0.6 is 0 Å². The lowest BCUT2D eigenvalue weighted by Crippen LogP contribution is -2.36. The zero-order valence-electron chi connectivity index (χ0n) is 20.5. The van der Waals surface area contributed by atoms with Crippen LogP contribution in [0.3, 0.4) is 0 Å². The van der Waals surface area contributed by atoms with Crippen LogP contribution in [0.1, 0.15) is 86.0 Å². The summed E-state index contributed by atoms with van der Waals surface area (Å²) in [6, 6.07) is 0. The van der Waals surface area contributed by atoms with Gasteiger partial charge in [0.15, 0.2) is 0 Å². The van der Waals surface area contributed by atoms with Crippen LogP contribution in [0.15, 0.2) is 36.0 Å². The maximum Gasteiger partial charge on any atom is 0.0850 e. The fourth-order valence-corrected chi connectivity index (χ4v) is 7.74. The van der Waals surface area contributed by atoms with Gasteiger partial charge in [0.25, 0.3) is 0 Å². The Morgan fingerprint density at radius 2 is 1.83 bits per heavy atom. The van der Waals surface area contributed by atoms with Crippen molar-refractivity contribution < 1.29 is 4.74 Å². The van der Waals surface area contributed by atoms with Gasteiger partial charge in [0.2, 0.25) is 0 Å². The molecule has 0 spiro atoms. The normalized spacial score (nSPS) is 42.6. The fraction of sp³-hybridized carbons (Fsp3) is 0.793. The van der Waals surface area contributed by atoms with E-state index in [-0.39, 0.29) is 11.5 Å². The fourth-order valence-electron chi connectivity index (χ4n) is 7.74. The minimum Gasteiger partial charge on any atom is -0.376 e. The molecule has 30 heavy (non-hydrogen) atoms. The maximum atomic E-state index is 6.15. The molecule has 4 rings (SSSR count). The molecular formula is C29H46O. The molecule has 0 saturated heterocycles. The number of rotatable bonds is 7. The Labute approximate surface area is 186 Å². The molecule has 1 heteroatoms. The third-order valence-electron chi connectivity index (χ3n) is 10.2. The summed E-state index contributed by atoms with van der Waals surface area (Å²) in [6.07, 6.45) is 18.6. The largest absolute Gasteiger partial charge is 0.376 e. The summed E-state index contributed by atoms with van der Waals surface area (Å²) in [5.74, 6) is 4.50. The lowest BCUT2D eigenvalue weighted by atomic mass is 9.61. The van der Waals surface area contributed by atoms with Crippen LogP contribution in [0.5, 0.6) is 0 Å². The number of hydrogen-bond acceptors (Lipinski definition) is 1. The smallest absolute Gasteiger partial charge is 0.0850 e. The number of ether oxygens (including phenoxy) is 1. The molecule has 0 radical (unpaired) electrons. The van der Waals surface area contributed by atoms with Crippen molar-refractivity contribution in [2.75, 3.05) is 7.11 Å². The number of methoxy groups -OCH3 is 1. The van der Waals surface area contributed by atoms with Crippen molar-refractivity contribution in [3.8, 4) is 0 Å². The third kappa shape index (κ3) is 3.58. The molecule has 4 aliphatic rings. The van der Waals surface area contributed by atoms with E-state index in [1.807, 2.05) is 7.11 Å². The van der Waals surface area contributed by atoms with Gasteiger partial charge in [-0.15, -0.1) is 0 Å². The molecule has 168 valence electrons. The van der Waals surface area contributed by atoms with E-state index in [4.69, 9.17) is 4.74 Å². The number of allylic oxidation sites excluding steroid dienone is 3. The Hall–Kier alpha value is -0.820. The Bertz CT molecular complexity index is 714. The van der Waals surface area contributed by atoms with Crippen molar-refractivity contribution in [2.24, 2.45) is 46.3 Å². The minimum absolute atomic E-state index is 0.262. The van der Waals surface area contributed by atoms with Crippen molar-refractivity contribution in [1.82, 2.24) is 0 Å². The van der Waals surface area contributed by atoms with Crippen LogP contribution in [0, 0.1) is 46.3 Å². The van der Waals surface area contributed by atoms with Crippen molar-refractivity contribution in [1.29, 1.82) is 0 Å². The zero-order valence-corrected chi connectivity index (χ0v) is 20.5. The lowest BCUT2D eigenvalue weighted by Gasteiger charge is -2.44. The topological polar surface area (TPSA) is 9.23 Å². The van der Waals surface area contributed by atoms with E-state index in [2.05, 4.69) is 59.4 Å². The van der Waals surface area contributed by atoms with E-state index in [0.717, 1.165) is 23.7 Å². The molecule has 0 aromatic rings. The van der Waals surface area contributed by atoms with Crippen molar-refractivity contribution in [2.45, 2.75) is 92.1 Å². The molecule has 0 aromatic heterocycles. The molecule has 4 fully saturated rings. The van der Waals surface area contributed by atoms with Crippen LogP contribution in [0.25, 0.3) is 0 Å². The highest BCUT2D eigenvalue weighted by atomic mass is 16.5. The van der Waals surface area contributed by atoms with E-state index >= 15 is 0 Å². The van der Waals surface area contributed by atoms with Gasteiger partial charge < -0.3 is 4.74 Å². The lowest BCUT2D eigenvalue weighted by molar-refractivity contribution is 0.0826. The molecule has 0 N–H and O–H groups in total. The Morgan fingerprint density at radius 3 is 2.43 bits per heavy atom. The summed E-state index contributed by atoms with van der Waals surface area (Å²) >= 11 is 0. The first-order valence-electron chi connectivity index (χ1n) is 12.8. The number of hydrogen-bond donors (Lipinski definition) is 0.